The zero-order valence-corrected chi connectivity index (χ0v) is 9.24. The SMILES string of the molecule is C/C(CO)=C(/F)CNc1ncnc2nc[nH]c12. The second kappa shape index (κ2) is 4.88. The number of aromatic nitrogens is 4. The second-order valence-corrected chi connectivity index (χ2v) is 3.52. The maximum absolute atomic E-state index is 13.4. The molecule has 6 nitrogen and oxygen atoms in total. The molecule has 0 saturated carbocycles. The van der Waals surface area contributed by atoms with Crippen LogP contribution in [0.1, 0.15) is 6.92 Å². The lowest BCUT2D eigenvalue weighted by Gasteiger charge is -2.05. The van der Waals surface area contributed by atoms with Crippen LogP contribution in [0.4, 0.5) is 10.2 Å². The van der Waals surface area contributed by atoms with Gasteiger partial charge in [0, 0.05) is 0 Å². The Morgan fingerprint density at radius 3 is 3.06 bits per heavy atom. The highest BCUT2D eigenvalue weighted by molar-refractivity contribution is 5.81. The summed E-state index contributed by atoms with van der Waals surface area (Å²) in [6, 6.07) is 0. The molecule has 0 aliphatic carbocycles. The molecule has 0 saturated heterocycles. The molecule has 0 atom stereocenters. The van der Waals surface area contributed by atoms with Gasteiger partial charge in [0.1, 0.15) is 17.7 Å². The number of hydrogen-bond donors (Lipinski definition) is 3. The normalized spacial score (nSPS) is 12.6. The minimum absolute atomic E-state index is 0.0302. The van der Waals surface area contributed by atoms with E-state index in [1.807, 2.05) is 0 Å². The summed E-state index contributed by atoms with van der Waals surface area (Å²) in [7, 11) is 0. The first-order valence-corrected chi connectivity index (χ1v) is 5.05. The zero-order valence-electron chi connectivity index (χ0n) is 9.24. The van der Waals surface area contributed by atoms with Gasteiger partial charge in [0.2, 0.25) is 0 Å². The number of fused-ring (bicyclic) bond motifs is 1. The molecule has 0 fully saturated rings. The highest BCUT2D eigenvalue weighted by Gasteiger charge is 2.06. The fourth-order valence-corrected chi connectivity index (χ4v) is 1.30. The largest absolute Gasteiger partial charge is 0.392 e. The first-order chi connectivity index (χ1) is 8.22. The molecule has 90 valence electrons. The zero-order chi connectivity index (χ0) is 12.3. The Balaban J connectivity index is 2.17. The van der Waals surface area contributed by atoms with Gasteiger partial charge in [-0.15, -0.1) is 0 Å². The molecular weight excluding hydrogens is 225 g/mol. The van der Waals surface area contributed by atoms with Crippen molar-refractivity contribution >= 4 is 17.0 Å². The first-order valence-electron chi connectivity index (χ1n) is 5.05. The van der Waals surface area contributed by atoms with E-state index in [1.165, 1.54) is 19.6 Å². The Labute approximate surface area is 96.6 Å². The molecule has 0 bridgehead atoms. The Morgan fingerprint density at radius 1 is 1.47 bits per heavy atom. The third kappa shape index (κ3) is 2.39. The van der Waals surface area contributed by atoms with Crippen molar-refractivity contribution in [2.75, 3.05) is 18.5 Å². The number of aliphatic hydroxyl groups is 1. The topological polar surface area (TPSA) is 86.7 Å². The number of aromatic amines is 1. The van der Waals surface area contributed by atoms with Crippen molar-refractivity contribution in [3.8, 4) is 0 Å². The monoisotopic (exact) mass is 237 g/mol. The van der Waals surface area contributed by atoms with Gasteiger partial charge < -0.3 is 15.4 Å². The van der Waals surface area contributed by atoms with Crippen LogP contribution in [0, 0.1) is 0 Å². The number of nitrogens with zero attached hydrogens (tertiary/aromatic N) is 3. The minimum atomic E-state index is -0.404. The van der Waals surface area contributed by atoms with E-state index in [-0.39, 0.29) is 13.2 Å². The first kappa shape index (κ1) is 11.5. The maximum Gasteiger partial charge on any atom is 0.182 e. The van der Waals surface area contributed by atoms with Crippen LogP contribution < -0.4 is 5.32 Å². The molecule has 7 heteroatoms. The Bertz CT molecular complexity index is 550. The number of anilines is 1. The number of H-pyrrole nitrogens is 1. The predicted molar refractivity (Wildman–Crippen MR) is 61.1 cm³/mol. The summed E-state index contributed by atoms with van der Waals surface area (Å²) in [5, 5.41) is 11.6. The highest BCUT2D eigenvalue weighted by Crippen LogP contribution is 2.15. The summed E-state index contributed by atoms with van der Waals surface area (Å²) in [6.45, 7) is 1.21. The maximum atomic E-state index is 13.4. The van der Waals surface area contributed by atoms with Crippen molar-refractivity contribution in [3.05, 3.63) is 24.1 Å². The van der Waals surface area contributed by atoms with Crippen molar-refractivity contribution in [3.63, 3.8) is 0 Å². The standard InChI is InChI=1S/C10H12FN5O/c1-6(3-17)7(11)2-12-9-8-10(14-4-13-8)16-5-15-9/h4-5,17H,2-3H2,1H3,(H2,12,13,14,15,16)/b7-6-. The van der Waals surface area contributed by atoms with Crippen LogP contribution >= 0.6 is 0 Å². The van der Waals surface area contributed by atoms with Crippen LogP contribution in [0.3, 0.4) is 0 Å². The summed E-state index contributed by atoms with van der Waals surface area (Å²) in [5.41, 5.74) is 1.44. The molecule has 2 rings (SSSR count). The third-order valence-electron chi connectivity index (χ3n) is 2.33. The van der Waals surface area contributed by atoms with E-state index in [9.17, 15) is 4.39 Å². The second-order valence-electron chi connectivity index (χ2n) is 3.52. The molecule has 2 heterocycles. The lowest BCUT2D eigenvalue weighted by molar-refractivity contribution is 0.326. The van der Waals surface area contributed by atoms with E-state index in [2.05, 4.69) is 25.3 Å². The number of halogens is 1. The molecule has 2 aromatic heterocycles. The van der Waals surface area contributed by atoms with Crippen LogP contribution in [-0.4, -0.2) is 38.2 Å². The third-order valence-corrected chi connectivity index (χ3v) is 2.33. The predicted octanol–water partition coefficient (Wildman–Crippen LogP) is 1.00. The molecule has 3 N–H and O–H groups in total. The van der Waals surface area contributed by atoms with Crippen LogP contribution in [0.15, 0.2) is 24.1 Å². The van der Waals surface area contributed by atoms with Crippen molar-refractivity contribution in [2.24, 2.45) is 0 Å². The molecule has 0 unspecified atom stereocenters. The van der Waals surface area contributed by atoms with E-state index in [0.717, 1.165) is 0 Å². The molecule has 0 amide bonds. The Kier molecular flexibility index (Phi) is 3.29. The molecule has 17 heavy (non-hydrogen) atoms. The number of rotatable bonds is 4. The van der Waals surface area contributed by atoms with Gasteiger partial charge in [0.25, 0.3) is 0 Å². The van der Waals surface area contributed by atoms with Gasteiger partial charge in [-0.1, -0.05) is 0 Å². The van der Waals surface area contributed by atoms with Crippen molar-refractivity contribution in [2.45, 2.75) is 6.92 Å². The highest BCUT2D eigenvalue weighted by atomic mass is 19.1. The van der Waals surface area contributed by atoms with Crippen LogP contribution in [0.25, 0.3) is 11.2 Å². The lowest BCUT2D eigenvalue weighted by atomic mass is 10.3. The number of imidazole rings is 1. The fraction of sp³-hybridized carbons (Fsp3) is 0.300. The lowest BCUT2D eigenvalue weighted by Crippen LogP contribution is -2.07. The quantitative estimate of drug-likeness (QED) is 0.738. The van der Waals surface area contributed by atoms with Gasteiger partial charge in [0.15, 0.2) is 11.5 Å². The van der Waals surface area contributed by atoms with Crippen molar-refractivity contribution in [1.82, 2.24) is 19.9 Å². The van der Waals surface area contributed by atoms with E-state index in [1.54, 1.807) is 0 Å². The van der Waals surface area contributed by atoms with E-state index in [4.69, 9.17) is 5.11 Å². The fourth-order valence-electron chi connectivity index (χ4n) is 1.30. The Morgan fingerprint density at radius 2 is 2.29 bits per heavy atom. The van der Waals surface area contributed by atoms with Gasteiger partial charge >= 0.3 is 0 Å². The molecule has 0 radical (unpaired) electrons. The average Bonchev–Trinajstić information content (AvgIpc) is 2.83. The van der Waals surface area contributed by atoms with Gasteiger partial charge in [-0.2, -0.15) is 0 Å². The van der Waals surface area contributed by atoms with E-state index < -0.39 is 5.83 Å². The van der Waals surface area contributed by atoms with Gasteiger partial charge in [-0.05, 0) is 12.5 Å². The molecule has 0 aliphatic rings. The molecular formula is C10H12FN5O. The van der Waals surface area contributed by atoms with Gasteiger partial charge in [-0.3, -0.25) is 0 Å². The number of nitrogens with one attached hydrogen (secondary N) is 2. The molecule has 0 aromatic carbocycles. The Hall–Kier alpha value is -2.02. The molecule has 0 aliphatic heterocycles. The molecule has 2 aromatic rings. The van der Waals surface area contributed by atoms with E-state index >= 15 is 0 Å². The van der Waals surface area contributed by atoms with E-state index in [0.29, 0.717) is 22.6 Å². The van der Waals surface area contributed by atoms with Gasteiger partial charge in [-0.25, -0.2) is 19.3 Å². The van der Waals surface area contributed by atoms with Crippen LogP contribution in [-0.2, 0) is 0 Å². The summed E-state index contributed by atoms with van der Waals surface area (Å²) in [5.74, 6) is 0.0761. The average molecular weight is 237 g/mol. The summed E-state index contributed by atoms with van der Waals surface area (Å²) in [4.78, 5) is 14.8. The van der Waals surface area contributed by atoms with Crippen LogP contribution in [0.2, 0.25) is 0 Å². The van der Waals surface area contributed by atoms with Crippen LogP contribution in [0.5, 0.6) is 0 Å². The number of aliphatic hydroxyl groups excluding tert-OH is 1. The van der Waals surface area contributed by atoms with Crippen molar-refractivity contribution < 1.29 is 9.50 Å². The smallest absolute Gasteiger partial charge is 0.182 e. The summed E-state index contributed by atoms with van der Waals surface area (Å²) >= 11 is 0. The van der Waals surface area contributed by atoms with Gasteiger partial charge in [0.05, 0.1) is 19.5 Å². The van der Waals surface area contributed by atoms with Crippen molar-refractivity contribution in [1.29, 1.82) is 0 Å². The number of hydrogen-bond acceptors (Lipinski definition) is 5. The summed E-state index contributed by atoms with van der Waals surface area (Å²) in [6.07, 6.45) is 2.85. The summed E-state index contributed by atoms with van der Waals surface area (Å²) < 4.78 is 13.4. The minimum Gasteiger partial charge on any atom is -0.392 e. The molecule has 0 spiro atoms.